The molecule has 0 radical (unpaired) electrons. The summed E-state index contributed by atoms with van der Waals surface area (Å²) in [6, 6.07) is 3.65. The molecule has 0 aromatic heterocycles. The van der Waals surface area contributed by atoms with Crippen molar-refractivity contribution in [3.05, 3.63) is 29.6 Å². The molecule has 1 aromatic carbocycles. The third kappa shape index (κ3) is 4.76. The molecule has 1 unspecified atom stereocenters. The van der Waals surface area contributed by atoms with Crippen molar-refractivity contribution in [3.8, 4) is 0 Å². The lowest BCUT2D eigenvalue weighted by Crippen LogP contribution is -2.29. The number of thioether (sulfide) groups is 1. The zero-order chi connectivity index (χ0) is 14.5. The number of hydrogen-bond acceptors (Lipinski definition) is 4. The summed E-state index contributed by atoms with van der Waals surface area (Å²) in [6.07, 6.45) is 1.97. The first-order chi connectivity index (χ1) is 8.90. The Morgan fingerprint density at radius 2 is 2.16 bits per heavy atom. The lowest BCUT2D eigenvalue weighted by atomic mass is 10.2. The van der Waals surface area contributed by atoms with Gasteiger partial charge in [0.2, 0.25) is 10.0 Å². The van der Waals surface area contributed by atoms with E-state index in [-0.39, 0.29) is 22.9 Å². The smallest absolute Gasteiger partial charge is 0.240 e. The van der Waals surface area contributed by atoms with E-state index in [1.165, 1.54) is 12.1 Å². The van der Waals surface area contributed by atoms with Gasteiger partial charge in [-0.15, -0.1) is 0 Å². The van der Waals surface area contributed by atoms with Gasteiger partial charge in [-0.1, -0.05) is 6.92 Å². The second-order valence-corrected chi connectivity index (χ2v) is 7.05. The molecule has 0 bridgehead atoms. The van der Waals surface area contributed by atoms with Crippen LogP contribution in [0.15, 0.2) is 23.1 Å². The van der Waals surface area contributed by atoms with Crippen LogP contribution in [0.1, 0.15) is 12.5 Å². The Kier molecular flexibility index (Phi) is 6.25. The molecule has 108 valence electrons. The van der Waals surface area contributed by atoms with E-state index in [2.05, 4.69) is 4.72 Å². The van der Waals surface area contributed by atoms with Crippen LogP contribution in [-0.4, -0.2) is 27.0 Å². The van der Waals surface area contributed by atoms with Crippen LogP contribution in [0, 0.1) is 11.7 Å². The normalized spacial score (nSPS) is 13.5. The molecule has 1 aromatic rings. The molecular weight excluding hydrogens is 287 g/mol. The molecule has 7 heteroatoms. The molecule has 0 spiro atoms. The number of nitrogens with one attached hydrogen (secondary N) is 1. The van der Waals surface area contributed by atoms with Crippen LogP contribution in [0.5, 0.6) is 0 Å². The summed E-state index contributed by atoms with van der Waals surface area (Å²) >= 11 is 1.66. The van der Waals surface area contributed by atoms with Crippen molar-refractivity contribution in [1.29, 1.82) is 0 Å². The Bertz CT molecular complexity index is 520. The van der Waals surface area contributed by atoms with Crippen LogP contribution >= 0.6 is 11.8 Å². The molecule has 0 heterocycles. The Morgan fingerprint density at radius 1 is 1.47 bits per heavy atom. The Morgan fingerprint density at radius 3 is 2.74 bits per heavy atom. The average molecular weight is 306 g/mol. The van der Waals surface area contributed by atoms with Crippen LogP contribution in [0.3, 0.4) is 0 Å². The lowest BCUT2D eigenvalue weighted by molar-refractivity contribution is 0.561. The fourth-order valence-electron chi connectivity index (χ4n) is 1.55. The first kappa shape index (κ1) is 16.4. The van der Waals surface area contributed by atoms with E-state index in [1.807, 2.05) is 13.2 Å². The molecule has 1 atom stereocenters. The van der Waals surface area contributed by atoms with Crippen molar-refractivity contribution in [3.63, 3.8) is 0 Å². The quantitative estimate of drug-likeness (QED) is 0.802. The molecule has 0 saturated heterocycles. The second-order valence-electron chi connectivity index (χ2n) is 4.37. The summed E-state index contributed by atoms with van der Waals surface area (Å²) in [4.78, 5) is 0.0469. The minimum atomic E-state index is -3.60. The van der Waals surface area contributed by atoms with E-state index < -0.39 is 15.8 Å². The number of hydrogen-bond donors (Lipinski definition) is 2. The van der Waals surface area contributed by atoms with Gasteiger partial charge in [0.25, 0.3) is 0 Å². The van der Waals surface area contributed by atoms with Crippen LogP contribution in [0.2, 0.25) is 0 Å². The largest absolute Gasteiger partial charge is 0.326 e. The lowest BCUT2D eigenvalue weighted by Gasteiger charge is -2.12. The van der Waals surface area contributed by atoms with Gasteiger partial charge in [0.05, 0.1) is 4.90 Å². The fourth-order valence-corrected chi connectivity index (χ4v) is 3.46. The van der Waals surface area contributed by atoms with E-state index in [0.717, 1.165) is 11.8 Å². The highest BCUT2D eigenvalue weighted by molar-refractivity contribution is 7.98. The van der Waals surface area contributed by atoms with E-state index in [9.17, 15) is 12.8 Å². The van der Waals surface area contributed by atoms with Gasteiger partial charge in [0.15, 0.2) is 0 Å². The van der Waals surface area contributed by atoms with Gasteiger partial charge in [0.1, 0.15) is 5.82 Å². The van der Waals surface area contributed by atoms with Gasteiger partial charge in [-0.05, 0) is 36.1 Å². The summed E-state index contributed by atoms with van der Waals surface area (Å²) in [5, 5.41) is 0. The van der Waals surface area contributed by atoms with E-state index in [0.29, 0.717) is 6.54 Å². The highest BCUT2D eigenvalue weighted by atomic mass is 32.2. The monoisotopic (exact) mass is 306 g/mol. The molecule has 3 N–H and O–H groups in total. The molecule has 0 saturated carbocycles. The van der Waals surface area contributed by atoms with Crippen LogP contribution in [0.25, 0.3) is 0 Å². The van der Waals surface area contributed by atoms with E-state index in [1.54, 1.807) is 11.8 Å². The van der Waals surface area contributed by atoms with Crippen molar-refractivity contribution in [2.75, 3.05) is 18.6 Å². The Balaban J connectivity index is 2.83. The topological polar surface area (TPSA) is 72.2 Å². The van der Waals surface area contributed by atoms with E-state index in [4.69, 9.17) is 5.73 Å². The third-order valence-corrected chi connectivity index (χ3v) is 4.94. The van der Waals surface area contributed by atoms with Crippen molar-refractivity contribution < 1.29 is 12.8 Å². The Hall–Kier alpha value is -0.630. The van der Waals surface area contributed by atoms with Crippen molar-refractivity contribution >= 4 is 21.8 Å². The van der Waals surface area contributed by atoms with Crippen molar-refractivity contribution in [1.82, 2.24) is 4.72 Å². The van der Waals surface area contributed by atoms with Crippen LogP contribution in [-0.2, 0) is 16.6 Å². The summed E-state index contributed by atoms with van der Waals surface area (Å²) in [5.74, 6) is 0.622. The number of rotatable bonds is 7. The predicted molar refractivity (Wildman–Crippen MR) is 77.0 cm³/mol. The van der Waals surface area contributed by atoms with Crippen LogP contribution in [0.4, 0.5) is 4.39 Å². The Labute approximate surface area is 118 Å². The molecule has 0 fully saturated rings. The van der Waals surface area contributed by atoms with Crippen LogP contribution < -0.4 is 10.5 Å². The minimum absolute atomic E-state index is 0.0297. The average Bonchev–Trinajstić information content (AvgIpc) is 2.37. The number of nitrogens with two attached hydrogens (primary N) is 1. The molecule has 4 nitrogen and oxygen atoms in total. The maximum atomic E-state index is 13.3. The SMILES string of the molecule is CSCC(C)CNS(=O)(=O)c1ccc(F)c(CN)c1. The molecule has 19 heavy (non-hydrogen) atoms. The van der Waals surface area contributed by atoms with Gasteiger partial charge in [0, 0.05) is 18.7 Å². The summed E-state index contributed by atoms with van der Waals surface area (Å²) in [6.45, 7) is 2.30. The fraction of sp³-hybridized carbons (Fsp3) is 0.500. The molecule has 1 rings (SSSR count). The number of sulfonamides is 1. The molecule has 0 aliphatic carbocycles. The summed E-state index contributed by atoms with van der Waals surface area (Å²) < 4.78 is 39.9. The minimum Gasteiger partial charge on any atom is -0.326 e. The summed E-state index contributed by atoms with van der Waals surface area (Å²) in [7, 11) is -3.60. The highest BCUT2D eigenvalue weighted by Crippen LogP contribution is 2.15. The van der Waals surface area contributed by atoms with Gasteiger partial charge in [-0.25, -0.2) is 17.5 Å². The maximum Gasteiger partial charge on any atom is 0.240 e. The third-order valence-electron chi connectivity index (χ3n) is 2.62. The first-order valence-electron chi connectivity index (χ1n) is 5.87. The van der Waals surface area contributed by atoms with Gasteiger partial charge >= 0.3 is 0 Å². The predicted octanol–water partition coefficient (Wildman–Crippen LogP) is 1.56. The van der Waals surface area contributed by atoms with Gasteiger partial charge < -0.3 is 5.73 Å². The number of halogens is 1. The zero-order valence-corrected chi connectivity index (χ0v) is 12.7. The second kappa shape index (κ2) is 7.23. The standard InChI is InChI=1S/C12H19FN2O2S2/c1-9(8-18-2)7-15-19(16,17)11-3-4-12(13)10(5-11)6-14/h3-5,9,15H,6-8,14H2,1-2H3. The number of benzene rings is 1. The molecular formula is C12H19FN2O2S2. The molecule has 0 aliphatic heterocycles. The highest BCUT2D eigenvalue weighted by Gasteiger charge is 2.16. The molecule has 0 aliphatic rings. The van der Waals surface area contributed by atoms with Crippen molar-refractivity contribution in [2.45, 2.75) is 18.4 Å². The molecule has 0 amide bonds. The summed E-state index contributed by atoms with van der Waals surface area (Å²) in [5.41, 5.74) is 5.56. The van der Waals surface area contributed by atoms with Gasteiger partial charge in [-0.2, -0.15) is 11.8 Å². The van der Waals surface area contributed by atoms with E-state index >= 15 is 0 Å². The maximum absolute atomic E-state index is 13.3. The first-order valence-corrected chi connectivity index (χ1v) is 8.75. The van der Waals surface area contributed by atoms with Crippen molar-refractivity contribution in [2.24, 2.45) is 11.7 Å². The van der Waals surface area contributed by atoms with Gasteiger partial charge in [-0.3, -0.25) is 0 Å². The zero-order valence-electron chi connectivity index (χ0n) is 11.0.